The first-order chi connectivity index (χ1) is 8.56. The average Bonchev–Trinajstić information content (AvgIpc) is 2.76. The standard InChI is InChI=1S/C13H14N2O3/c1-8-7-14-13(18-8)9(2)15-12(17)10-3-5-11(16)6-4-10/h3-7,9,16H,1-2H3,(H,15,17). The second-order valence-corrected chi connectivity index (χ2v) is 4.05. The number of aryl methyl sites for hydroxylation is 1. The van der Waals surface area contributed by atoms with E-state index in [1.807, 2.05) is 0 Å². The lowest BCUT2D eigenvalue weighted by Gasteiger charge is -2.10. The molecule has 0 spiro atoms. The molecule has 5 nitrogen and oxygen atoms in total. The lowest BCUT2D eigenvalue weighted by molar-refractivity contribution is 0.0934. The van der Waals surface area contributed by atoms with Crippen molar-refractivity contribution in [2.75, 3.05) is 0 Å². The lowest BCUT2D eigenvalue weighted by atomic mass is 10.2. The second-order valence-electron chi connectivity index (χ2n) is 4.05. The maximum Gasteiger partial charge on any atom is 0.251 e. The number of phenolic OH excluding ortho intramolecular Hbond substituents is 1. The summed E-state index contributed by atoms with van der Waals surface area (Å²) in [5, 5.41) is 11.9. The van der Waals surface area contributed by atoms with E-state index in [1.165, 1.54) is 12.1 Å². The average molecular weight is 246 g/mol. The molecule has 0 saturated heterocycles. The minimum absolute atomic E-state index is 0.128. The summed E-state index contributed by atoms with van der Waals surface area (Å²) in [5.74, 6) is 1.07. The number of aromatic nitrogens is 1. The predicted molar refractivity (Wildman–Crippen MR) is 65.2 cm³/mol. The van der Waals surface area contributed by atoms with E-state index in [0.29, 0.717) is 17.2 Å². The van der Waals surface area contributed by atoms with Gasteiger partial charge in [-0.3, -0.25) is 4.79 Å². The van der Waals surface area contributed by atoms with E-state index in [4.69, 9.17) is 9.52 Å². The molecule has 1 atom stereocenters. The third-order valence-electron chi connectivity index (χ3n) is 2.49. The second kappa shape index (κ2) is 4.91. The fraction of sp³-hybridized carbons (Fsp3) is 0.231. The van der Waals surface area contributed by atoms with Gasteiger partial charge in [-0.05, 0) is 38.1 Å². The fourth-order valence-corrected chi connectivity index (χ4v) is 1.53. The van der Waals surface area contributed by atoms with E-state index in [-0.39, 0.29) is 17.7 Å². The number of amides is 1. The summed E-state index contributed by atoms with van der Waals surface area (Å²) < 4.78 is 5.34. The number of hydrogen-bond acceptors (Lipinski definition) is 4. The van der Waals surface area contributed by atoms with Crippen molar-refractivity contribution in [3.05, 3.63) is 47.7 Å². The predicted octanol–water partition coefficient (Wildman–Crippen LogP) is 2.18. The van der Waals surface area contributed by atoms with Crippen LogP contribution in [-0.4, -0.2) is 16.0 Å². The maximum absolute atomic E-state index is 11.9. The molecular formula is C13H14N2O3. The van der Waals surface area contributed by atoms with Gasteiger partial charge >= 0.3 is 0 Å². The lowest BCUT2D eigenvalue weighted by Crippen LogP contribution is -2.26. The number of rotatable bonds is 3. The summed E-state index contributed by atoms with van der Waals surface area (Å²) in [7, 11) is 0. The molecule has 94 valence electrons. The Morgan fingerprint density at radius 1 is 1.39 bits per heavy atom. The number of nitrogens with one attached hydrogen (secondary N) is 1. The molecule has 1 aromatic heterocycles. The van der Waals surface area contributed by atoms with Gasteiger partial charge in [0.25, 0.3) is 5.91 Å². The summed E-state index contributed by atoms with van der Waals surface area (Å²) in [5.41, 5.74) is 0.475. The van der Waals surface area contributed by atoms with Crippen LogP contribution in [0.15, 0.2) is 34.9 Å². The van der Waals surface area contributed by atoms with Crippen LogP contribution in [0.1, 0.15) is 35.0 Å². The van der Waals surface area contributed by atoms with Gasteiger partial charge in [0.05, 0.1) is 6.20 Å². The van der Waals surface area contributed by atoms with Crippen LogP contribution in [0.5, 0.6) is 5.75 Å². The number of carbonyl (C=O) groups is 1. The Morgan fingerprint density at radius 2 is 2.06 bits per heavy atom. The van der Waals surface area contributed by atoms with Crippen LogP contribution in [0.4, 0.5) is 0 Å². The minimum Gasteiger partial charge on any atom is -0.508 e. The molecule has 0 aliphatic heterocycles. The molecule has 1 unspecified atom stereocenters. The van der Waals surface area contributed by atoms with E-state index in [2.05, 4.69) is 10.3 Å². The summed E-state index contributed by atoms with van der Waals surface area (Å²) in [6.45, 7) is 3.59. The zero-order valence-electron chi connectivity index (χ0n) is 10.2. The highest BCUT2D eigenvalue weighted by molar-refractivity contribution is 5.94. The van der Waals surface area contributed by atoms with Crippen molar-refractivity contribution in [1.29, 1.82) is 0 Å². The number of phenols is 1. The molecule has 18 heavy (non-hydrogen) atoms. The van der Waals surface area contributed by atoms with Gasteiger partial charge in [-0.25, -0.2) is 4.98 Å². The fourth-order valence-electron chi connectivity index (χ4n) is 1.53. The maximum atomic E-state index is 11.9. The van der Waals surface area contributed by atoms with Crippen molar-refractivity contribution in [1.82, 2.24) is 10.3 Å². The summed E-state index contributed by atoms with van der Waals surface area (Å²) in [4.78, 5) is 15.9. The monoisotopic (exact) mass is 246 g/mol. The Kier molecular flexibility index (Phi) is 3.32. The van der Waals surface area contributed by atoms with Crippen molar-refractivity contribution < 1.29 is 14.3 Å². The van der Waals surface area contributed by atoms with Crippen molar-refractivity contribution in [2.24, 2.45) is 0 Å². The first-order valence-corrected chi connectivity index (χ1v) is 5.58. The SMILES string of the molecule is Cc1cnc(C(C)NC(=O)c2ccc(O)cc2)o1. The van der Waals surface area contributed by atoms with Crippen LogP contribution >= 0.6 is 0 Å². The van der Waals surface area contributed by atoms with Gasteiger partial charge in [-0.2, -0.15) is 0 Å². The molecule has 1 amide bonds. The van der Waals surface area contributed by atoms with E-state index in [1.54, 1.807) is 32.2 Å². The van der Waals surface area contributed by atoms with Crippen molar-refractivity contribution in [3.8, 4) is 5.75 Å². The highest BCUT2D eigenvalue weighted by Crippen LogP contribution is 2.14. The number of benzene rings is 1. The van der Waals surface area contributed by atoms with E-state index in [9.17, 15) is 4.79 Å². The first-order valence-electron chi connectivity index (χ1n) is 5.58. The molecule has 2 rings (SSSR count). The molecule has 1 heterocycles. The van der Waals surface area contributed by atoms with Gasteiger partial charge in [-0.15, -0.1) is 0 Å². The van der Waals surface area contributed by atoms with Crippen LogP contribution in [0.3, 0.4) is 0 Å². The summed E-state index contributed by atoms with van der Waals surface area (Å²) in [6.07, 6.45) is 1.61. The molecule has 2 aromatic rings. The Labute approximate surface area is 104 Å². The molecule has 0 radical (unpaired) electrons. The number of aromatic hydroxyl groups is 1. The van der Waals surface area contributed by atoms with E-state index < -0.39 is 0 Å². The van der Waals surface area contributed by atoms with Gasteiger partial charge in [0.1, 0.15) is 17.6 Å². The Morgan fingerprint density at radius 3 is 2.61 bits per heavy atom. The largest absolute Gasteiger partial charge is 0.508 e. The Bertz CT molecular complexity index is 546. The van der Waals surface area contributed by atoms with Gasteiger partial charge < -0.3 is 14.8 Å². The number of carbonyl (C=O) groups excluding carboxylic acids is 1. The minimum atomic E-state index is -0.306. The Balaban J connectivity index is 2.05. The molecule has 2 N–H and O–H groups in total. The van der Waals surface area contributed by atoms with Crippen LogP contribution in [0.2, 0.25) is 0 Å². The highest BCUT2D eigenvalue weighted by atomic mass is 16.4. The van der Waals surface area contributed by atoms with Crippen LogP contribution in [0, 0.1) is 6.92 Å². The van der Waals surface area contributed by atoms with Crippen molar-refractivity contribution >= 4 is 5.91 Å². The molecule has 1 aromatic carbocycles. The molecule has 0 fully saturated rings. The first kappa shape index (κ1) is 12.2. The zero-order chi connectivity index (χ0) is 13.1. The van der Waals surface area contributed by atoms with Crippen LogP contribution in [-0.2, 0) is 0 Å². The van der Waals surface area contributed by atoms with E-state index >= 15 is 0 Å². The number of oxazole rings is 1. The Hall–Kier alpha value is -2.30. The highest BCUT2D eigenvalue weighted by Gasteiger charge is 2.15. The quantitative estimate of drug-likeness (QED) is 0.870. The third-order valence-corrected chi connectivity index (χ3v) is 2.49. The van der Waals surface area contributed by atoms with Crippen LogP contribution in [0.25, 0.3) is 0 Å². The zero-order valence-corrected chi connectivity index (χ0v) is 10.2. The van der Waals surface area contributed by atoms with Gasteiger partial charge in [0.2, 0.25) is 5.89 Å². The molecule has 0 aliphatic rings. The number of hydrogen-bond donors (Lipinski definition) is 2. The molecular weight excluding hydrogens is 232 g/mol. The summed E-state index contributed by atoms with van der Waals surface area (Å²) in [6, 6.07) is 5.74. The molecule has 0 aliphatic carbocycles. The number of nitrogens with zero attached hydrogens (tertiary/aromatic N) is 1. The van der Waals surface area contributed by atoms with E-state index in [0.717, 1.165) is 0 Å². The smallest absolute Gasteiger partial charge is 0.251 e. The molecule has 0 saturated carbocycles. The van der Waals surface area contributed by atoms with Crippen molar-refractivity contribution in [3.63, 3.8) is 0 Å². The topological polar surface area (TPSA) is 75.4 Å². The van der Waals surface area contributed by atoms with Gasteiger partial charge in [0.15, 0.2) is 0 Å². The van der Waals surface area contributed by atoms with Crippen molar-refractivity contribution in [2.45, 2.75) is 19.9 Å². The normalized spacial score (nSPS) is 12.1. The molecule has 0 bridgehead atoms. The summed E-state index contributed by atoms with van der Waals surface area (Å²) >= 11 is 0. The molecule has 5 heteroatoms. The van der Waals surface area contributed by atoms with Gasteiger partial charge in [-0.1, -0.05) is 0 Å². The third kappa shape index (κ3) is 2.68. The van der Waals surface area contributed by atoms with Gasteiger partial charge in [0, 0.05) is 5.56 Å². The van der Waals surface area contributed by atoms with Crippen LogP contribution < -0.4 is 5.32 Å².